The third-order valence-corrected chi connectivity index (χ3v) is 1.80. The Kier molecular flexibility index (Phi) is 4.95. The number of hydrogen-bond acceptors (Lipinski definition) is 2. The SMILES string of the molecule is C/C=C/C=C/C=Nc1ccc(OC)cc1. The molecule has 2 heteroatoms. The summed E-state index contributed by atoms with van der Waals surface area (Å²) in [5, 5.41) is 0. The van der Waals surface area contributed by atoms with Crippen LogP contribution >= 0.6 is 0 Å². The monoisotopic (exact) mass is 201 g/mol. The van der Waals surface area contributed by atoms with E-state index in [1.807, 2.05) is 55.5 Å². The zero-order valence-electron chi connectivity index (χ0n) is 9.05. The first kappa shape index (κ1) is 11.2. The number of allylic oxidation sites excluding steroid dienone is 4. The van der Waals surface area contributed by atoms with Gasteiger partial charge in [-0.3, -0.25) is 4.99 Å². The van der Waals surface area contributed by atoms with E-state index in [0.29, 0.717) is 0 Å². The maximum absolute atomic E-state index is 5.05. The van der Waals surface area contributed by atoms with Gasteiger partial charge in [0.15, 0.2) is 0 Å². The molecule has 78 valence electrons. The summed E-state index contributed by atoms with van der Waals surface area (Å²) < 4.78 is 5.05. The molecular weight excluding hydrogens is 186 g/mol. The molecule has 0 amide bonds. The van der Waals surface area contributed by atoms with E-state index in [4.69, 9.17) is 4.74 Å². The van der Waals surface area contributed by atoms with Gasteiger partial charge < -0.3 is 4.74 Å². The van der Waals surface area contributed by atoms with Gasteiger partial charge in [-0.15, -0.1) is 0 Å². The molecule has 1 aromatic rings. The number of methoxy groups -OCH3 is 1. The van der Waals surface area contributed by atoms with E-state index >= 15 is 0 Å². The van der Waals surface area contributed by atoms with Gasteiger partial charge in [-0.2, -0.15) is 0 Å². The molecule has 1 aromatic carbocycles. The molecule has 0 aliphatic heterocycles. The zero-order valence-corrected chi connectivity index (χ0v) is 9.05. The van der Waals surface area contributed by atoms with E-state index in [0.717, 1.165) is 11.4 Å². The van der Waals surface area contributed by atoms with Gasteiger partial charge in [0.2, 0.25) is 0 Å². The Morgan fingerprint density at radius 1 is 1.07 bits per heavy atom. The van der Waals surface area contributed by atoms with Crippen LogP contribution in [0, 0.1) is 0 Å². The fourth-order valence-corrected chi connectivity index (χ4v) is 1.02. The summed E-state index contributed by atoms with van der Waals surface area (Å²) >= 11 is 0. The first-order valence-corrected chi connectivity index (χ1v) is 4.83. The molecule has 0 spiro atoms. The summed E-state index contributed by atoms with van der Waals surface area (Å²) in [4.78, 5) is 4.25. The second-order valence-corrected chi connectivity index (χ2v) is 2.89. The number of benzene rings is 1. The van der Waals surface area contributed by atoms with E-state index in [2.05, 4.69) is 4.99 Å². The van der Waals surface area contributed by atoms with E-state index in [1.54, 1.807) is 13.3 Å². The Morgan fingerprint density at radius 2 is 1.80 bits per heavy atom. The second-order valence-electron chi connectivity index (χ2n) is 2.89. The van der Waals surface area contributed by atoms with Crippen molar-refractivity contribution in [3.63, 3.8) is 0 Å². The molecule has 0 radical (unpaired) electrons. The number of ether oxygens (including phenoxy) is 1. The van der Waals surface area contributed by atoms with Crippen LogP contribution < -0.4 is 4.74 Å². The van der Waals surface area contributed by atoms with Crippen molar-refractivity contribution in [1.29, 1.82) is 0 Å². The fraction of sp³-hybridized carbons (Fsp3) is 0.154. The van der Waals surface area contributed by atoms with Gasteiger partial charge in [-0.05, 0) is 37.3 Å². The van der Waals surface area contributed by atoms with E-state index < -0.39 is 0 Å². The molecule has 0 fully saturated rings. The number of hydrogen-bond donors (Lipinski definition) is 0. The van der Waals surface area contributed by atoms with Gasteiger partial charge in [-0.1, -0.05) is 18.2 Å². The van der Waals surface area contributed by atoms with Crippen LogP contribution in [0.2, 0.25) is 0 Å². The maximum atomic E-state index is 5.05. The fourth-order valence-electron chi connectivity index (χ4n) is 1.02. The van der Waals surface area contributed by atoms with Crippen LogP contribution in [-0.4, -0.2) is 13.3 Å². The third kappa shape index (κ3) is 4.27. The van der Waals surface area contributed by atoms with E-state index in [-0.39, 0.29) is 0 Å². The molecule has 1 rings (SSSR count). The van der Waals surface area contributed by atoms with Crippen molar-refractivity contribution in [2.75, 3.05) is 7.11 Å². The van der Waals surface area contributed by atoms with Crippen molar-refractivity contribution < 1.29 is 4.74 Å². The summed E-state index contributed by atoms with van der Waals surface area (Å²) in [6.07, 6.45) is 9.52. The predicted octanol–water partition coefficient (Wildman–Crippen LogP) is 3.53. The Balaban J connectivity index is 2.57. The third-order valence-electron chi connectivity index (χ3n) is 1.80. The van der Waals surface area contributed by atoms with Crippen molar-refractivity contribution in [2.45, 2.75) is 6.92 Å². The van der Waals surface area contributed by atoms with E-state index in [1.165, 1.54) is 0 Å². The first-order valence-electron chi connectivity index (χ1n) is 4.83. The predicted molar refractivity (Wildman–Crippen MR) is 65.1 cm³/mol. The molecule has 0 saturated heterocycles. The van der Waals surface area contributed by atoms with Crippen LogP contribution in [-0.2, 0) is 0 Å². The van der Waals surface area contributed by atoms with Gasteiger partial charge in [0.1, 0.15) is 5.75 Å². The number of aliphatic imine (C=N–C) groups is 1. The summed E-state index contributed by atoms with van der Waals surface area (Å²) in [6, 6.07) is 7.61. The highest BCUT2D eigenvalue weighted by Crippen LogP contribution is 2.16. The molecule has 0 aliphatic carbocycles. The van der Waals surface area contributed by atoms with E-state index in [9.17, 15) is 0 Å². The minimum absolute atomic E-state index is 0.846. The van der Waals surface area contributed by atoms with Gasteiger partial charge >= 0.3 is 0 Å². The summed E-state index contributed by atoms with van der Waals surface area (Å²) in [5.41, 5.74) is 0.918. The first-order chi connectivity index (χ1) is 7.36. The summed E-state index contributed by atoms with van der Waals surface area (Å²) in [5.74, 6) is 0.846. The average molecular weight is 201 g/mol. The lowest BCUT2D eigenvalue weighted by atomic mass is 10.3. The van der Waals surface area contributed by atoms with Crippen LogP contribution in [0.25, 0.3) is 0 Å². The lowest BCUT2D eigenvalue weighted by Crippen LogP contribution is -1.79. The van der Waals surface area contributed by atoms with Crippen molar-refractivity contribution in [3.05, 3.63) is 48.6 Å². The minimum atomic E-state index is 0.846. The van der Waals surface area contributed by atoms with Gasteiger partial charge in [-0.25, -0.2) is 0 Å². The molecule has 0 N–H and O–H groups in total. The summed E-state index contributed by atoms with van der Waals surface area (Å²) in [6.45, 7) is 1.98. The number of nitrogens with zero attached hydrogens (tertiary/aromatic N) is 1. The molecule has 0 unspecified atom stereocenters. The van der Waals surface area contributed by atoms with Gasteiger partial charge in [0, 0.05) is 6.21 Å². The Hall–Kier alpha value is -1.83. The standard InChI is InChI=1S/C13H15NO/c1-3-4-5-6-11-14-12-7-9-13(15-2)10-8-12/h3-11H,1-2H3/b4-3+,6-5+,14-11?. The molecule has 0 atom stereocenters. The molecule has 0 bridgehead atoms. The number of rotatable bonds is 4. The van der Waals surface area contributed by atoms with Gasteiger partial charge in [0.05, 0.1) is 12.8 Å². The normalized spacial score (nSPS) is 11.9. The van der Waals surface area contributed by atoms with Crippen molar-refractivity contribution in [2.24, 2.45) is 4.99 Å². The quantitative estimate of drug-likeness (QED) is 0.539. The molecule has 2 nitrogen and oxygen atoms in total. The Labute approximate surface area is 90.6 Å². The van der Waals surface area contributed by atoms with Gasteiger partial charge in [0.25, 0.3) is 0 Å². The second kappa shape index (κ2) is 6.60. The van der Waals surface area contributed by atoms with Crippen LogP contribution in [0.15, 0.2) is 53.6 Å². The zero-order chi connectivity index (χ0) is 10.9. The highest BCUT2D eigenvalue weighted by molar-refractivity contribution is 5.74. The van der Waals surface area contributed by atoms with Crippen LogP contribution in [0.4, 0.5) is 5.69 Å². The smallest absolute Gasteiger partial charge is 0.119 e. The molecule has 0 heterocycles. The highest BCUT2D eigenvalue weighted by Gasteiger charge is 1.89. The lowest BCUT2D eigenvalue weighted by molar-refractivity contribution is 0.415. The van der Waals surface area contributed by atoms with Crippen molar-refractivity contribution in [3.8, 4) is 5.75 Å². The molecule has 0 aromatic heterocycles. The Bertz CT molecular complexity index is 361. The molecule has 0 aliphatic rings. The average Bonchev–Trinajstić information content (AvgIpc) is 2.30. The molecule has 15 heavy (non-hydrogen) atoms. The Morgan fingerprint density at radius 3 is 2.40 bits per heavy atom. The summed E-state index contributed by atoms with van der Waals surface area (Å²) in [7, 11) is 1.65. The largest absolute Gasteiger partial charge is 0.497 e. The highest BCUT2D eigenvalue weighted by atomic mass is 16.5. The van der Waals surface area contributed by atoms with Crippen LogP contribution in [0.3, 0.4) is 0 Å². The topological polar surface area (TPSA) is 21.6 Å². The van der Waals surface area contributed by atoms with Crippen LogP contribution in [0.5, 0.6) is 5.75 Å². The van der Waals surface area contributed by atoms with Crippen molar-refractivity contribution >= 4 is 11.9 Å². The van der Waals surface area contributed by atoms with Crippen LogP contribution in [0.1, 0.15) is 6.92 Å². The molecular formula is C13H15NO. The lowest BCUT2D eigenvalue weighted by Gasteiger charge is -1.97. The maximum Gasteiger partial charge on any atom is 0.119 e. The minimum Gasteiger partial charge on any atom is -0.497 e. The van der Waals surface area contributed by atoms with Crippen molar-refractivity contribution in [1.82, 2.24) is 0 Å². The molecule has 0 saturated carbocycles.